The molecule has 2 atom stereocenters. The first-order chi connectivity index (χ1) is 9.11. The van der Waals surface area contributed by atoms with Crippen molar-refractivity contribution in [1.82, 2.24) is 5.32 Å². The van der Waals surface area contributed by atoms with E-state index in [0.717, 1.165) is 11.8 Å². The van der Waals surface area contributed by atoms with Gasteiger partial charge in [0.1, 0.15) is 0 Å². The Labute approximate surface area is 122 Å². The Morgan fingerprint density at radius 3 is 2.58 bits per heavy atom. The Morgan fingerprint density at radius 1 is 1.11 bits per heavy atom. The quantitative estimate of drug-likeness (QED) is 0.857. The summed E-state index contributed by atoms with van der Waals surface area (Å²) in [5.41, 5.74) is 5.71. The van der Waals surface area contributed by atoms with E-state index in [0.29, 0.717) is 6.04 Å². The van der Waals surface area contributed by atoms with Gasteiger partial charge in [-0.1, -0.05) is 25.5 Å². The molecular weight excluding hydrogens is 250 g/mol. The van der Waals surface area contributed by atoms with Crippen molar-refractivity contribution in [2.75, 3.05) is 5.75 Å². The van der Waals surface area contributed by atoms with Crippen molar-refractivity contribution in [2.24, 2.45) is 0 Å². The molecule has 1 fully saturated rings. The van der Waals surface area contributed by atoms with Crippen LogP contribution < -0.4 is 5.32 Å². The van der Waals surface area contributed by atoms with Crippen LogP contribution in [-0.2, 0) is 6.54 Å². The Hall–Kier alpha value is -0.470. The lowest BCUT2D eigenvalue weighted by molar-refractivity contribution is 0.531. The van der Waals surface area contributed by atoms with Gasteiger partial charge >= 0.3 is 0 Å². The van der Waals surface area contributed by atoms with Gasteiger partial charge in [-0.05, 0) is 61.6 Å². The third kappa shape index (κ3) is 3.76. The predicted molar refractivity (Wildman–Crippen MR) is 87.1 cm³/mol. The molecule has 0 saturated heterocycles. The lowest BCUT2D eigenvalue weighted by atomic mass is 10.0. The maximum absolute atomic E-state index is 3.80. The van der Waals surface area contributed by atoms with Gasteiger partial charge in [-0.3, -0.25) is 0 Å². The number of thioether (sulfide) groups is 1. The number of hydrogen-bond acceptors (Lipinski definition) is 2. The summed E-state index contributed by atoms with van der Waals surface area (Å²) >= 11 is 2.13. The molecule has 0 radical (unpaired) electrons. The summed E-state index contributed by atoms with van der Waals surface area (Å²) in [6.45, 7) is 9.94. The molecule has 2 rings (SSSR count). The zero-order valence-corrected chi connectivity index (χ0v) is 13.6. The minimum atomic E-state index is 0.714. The van der Waals surface area contributed by atoms with Gasteiger partial charge in [0, 0.05) is 17.8 Å². The van der Waals surface area contributed by atoms with E-state index >= 15 is 0 Å². The average molecular weight is 277 g/mol. The Kier molecular flexibility index (Phi) is 5.35. The molecule has 2 unspecified atom stereocenters. The van der Waals surface area contributed by atoms with Gasteiger partial charge in [-0.15, -0.1) is 0 Å². The van der Waals surface area contributed by atoms with Gasteiger partial charge in [0.15, 0.2) is 0 Å². The molecule has 19 heavy (non-hydrogen) atoms. The van der Waals surface area contributed by atoms with Crippen LogP contribution in [0, 0.1) is 20.8 Å². The molecule has 0 aromatic heterocycles. The van der Waals surface area contributed by atoms with E-state index in [4.69, 9.17) is 0 Å². The summed E-state index contributed by atoms with van der Waals surface area (Å²) in [5.74, 6) is 1.24. The largest absolute Gasteiger partial charge is 0.309 e. The number of nitrogens with one attached hydrogen (secondary N) is 1. The summed E-state index contributed by atoms with van der Waals surface area (Å²) in [6, 6.07) is 5.39. The van der Waals surface area contributed by atoms with Crippen LogP contribution in [-0.4, -0.2) is 17.0 Å². The van der Waals surface area contributed by atoms with Crippen LogP contribution in [0.4, 0.5) is 0 Å². The molecule has 0 heterocycles. The van der Waals surface area contributed by atoms with Crippen molar-refractivity contribution in [3.8, 4) is 0 Å². The van der Waals surface area contributed by atoms with Crippen LogP contribution in [0.5, 0.6) is 0 Å². The normalized spacial score (nSPS) is 22.9. The zero-order chi connectivity index (χ0) is 13.8. The summed E-state index contributed by atoms with van der Waals surface area (Å²) in [6.07, 6.45) is 4.13. The SMILES string of the molecule is CCSC1CCCC1NCc1cc(C)c(C)cc1C. The van der Waals surface area contributed by atoms with Crippen molar-refractivity contribution >= 4 is 11.8 Å². The fourth-order valence-electron chi connectivity index (χ4n) is 3.02. The first-order valence-electron chi connectivity index (χ1n) is 7.53. The standard InChI is InChI=1S/C17H27NS/c1-5-19-17-8-6-7-16(17)18-11-15-10-13(3)12(2)9-14(15)4/h9-10,16-18H,5-8,11H2,1-4H3. The first-order valence-corrected chi connectivity index (χ1v) is 8.58. The van der Waals surface area contributed by atoms with E-state index in [1.165, 1.54) is 47.3 Å². The summed E-state index contributed by atoms with van der Waals surface area (Å²) < 4.78 is 0. The van der Waals surface area contributed by atoms with Crippen LogP contribution in [0.3, 0.4) is 0 Å². The minimum Gasteiger partial charge on any atom is -0.309 e. The highest BCUT2D eigenvalue weighted by molar-refractivity contribution is 7.99. The Bertz CT molecular complexity index is 428. The fraction of sp³-hybridized carbons (Fsp3) is 0.647. The molecule has 1 nitrogen and oxygen atoms in total. The van der Waals surface area contributed by atoms with Crippen molar-refractivity contribution in [3.63, 3.8) is 0 Å². The molecule has 106 valence electrons. The van der Waals surface area contributed by atoms with E-state index in [2.05, 4.69) is 56.9 Å². The Morgan fingerprint density at radius 2 is 1.84 bits per heavy atom. The topological polar surface area (TPSA) is 12.0 Å². The molecule has 0 amide bonds. The Balaban J connectivity index is 1.97. The van der Waals surface area contributed by atoms with Gasteiger partial charge < -0.3 is 5.32 Å². The smallest absolute Gasteiger partial charge is 0.0211 e. The molecule has 1 aromatic carbocycles. The molecule has 0 spiro atoms. The lowest BCUT2D eigenvalue weighted by Crippen LogP contribution is -2.33. The number of aryl methyl sites for hydroxylation is 3. The third-order valence-electron chi connectivity index (χ3n) is 4.34. The predicted octanol–water partition coefficient (Wildman–Crippen LogP) is 4.38. The maximum atomic E-state index is 3.80. The van der Waals surface area contributed by atoms with E-state index in [-0.39, 0.29) is 0 Å². The minimum absolute atomic E-state index is 0.714. The van der Waals surface area contributed by atoms with Crippen LogP contribution in [0.15, 0.2) is 12.1 Å². The zero-order valence-electron chi connectivity index (χ0n) is 12.8. The summed E-state index contributed by atoms with van der Waals surface area (Å²) in [7, 11) is 0. The van der Waals surface area contributed by atoms with Gasteiger partial charge in [-0.25, -0.2) is 0 Å². The van der Waals surface area contributed by atoms with Crippen molar-refractivity contribution in [3.05, 3.63) is 34.4 Å². The molecule has 1 saturated carbocycles. The molecule has 1 N–H and O–H groups in total. The second-order valence-corrected chi connectivity index (χ2v) is 7.29. The number of benzene rings is 1. The van der Waals surface area contributed by atoms with Crippen molar-refractivity contribution < 1.29 is 0 Å². The molecule has 1 aliphatic carbocycles. The lowest BCUT2D eigenvalue weighted by Gasteiger charge is -2.21. The first kappa shape index (κ1) is 14.9. The molecular formula is C17H27NS. The monoisotopic (exact) mass is 277 g/mol. The summed E-state index contributed by atoms with van der Waals surface area (Å²) in [5, 5.41) is 4.63. The van der Waals surface area contributed by atoms with Crippen LogP contribution in [0.25, 0.3) is 0 Å². The van der Waals surface area contributed by atoms with Gasteiger partial charge in [0.2, 0.25) is 0 Å². The fourth-order valence-corrected chi connectivity index (χ4v) is 4.25. The van der Waals surface area contributed by atoms with Gasteiger partial charge in [0.05, 0.1) is 0 Å². The van der Waals surface area contributed by atoms with Crippen LogP contribution in [0.1, 0.15) is 48.4 Å². The van der Waals surface area contributed by atoms with Crippen LogP contribution >= 0.6 is 11.8 Å². The van der Waals surface area contributed by atoms with Crippen LogP contribution in [0.2, 0.25) is 0 Å². The maximum Gasteiger partial charge on any atom is 0.0211 e. The van der Waals surface area contributed by atoms with Crippen molar-refractivity contribution in [2.45, 2.75) is 64.8 Å². The summed E-state index contributed by atoms with van der Waals surface area (Å²) in [4.78, 5) is 0. The highest BCUT2D eigenvalue weighted by Gasteiger charge is 2.26. The van der Waals surface area contributed by atoms with Crippen molar-refractivity contribution in [1.29, 1.82) is 0 Å². The molecule has 0 aliphatic heterocycles. The van der Waals surface area contributed by atoms with E-state index in [1.54, 1.807) is 0 Å². The second-order valence-electron chi connectivity index (χ2n) is 5.78. The average Bonchev–Trinajstić information content (AvgIpc) is 2.80. The molecule has 1 aromatic rings. The van der Waals surface area contributed by atoms with E-state index in [1.807, 2.05) is 0 Å². The molecule has 0 bridgehead atoms. The molecule has 1 aliphatic rings. The molecule has 2 heteroatoms. The van der Waals surface area contributed by atoms with Gasteiger partial charge in [-0.2, -0.15) is 11.8 Å². The highest BCUT2D eigenvalue weighted by Crippen LogP contribution is 2.30. The number of rotatable bonds is 5. The number of hydrogen-bond donors (Lipinski definition) is 1. The van der Waals surface area contributed by atoms with E-state index in [9.17, 15) is 0 Å². The van der Waals surface area contributed by atoms with E-state index < -0.39 is 0 Å². The highest BCUT2D eigenvalue weighted by atomic mass is 32.2. The third-order valence-corrected chi connectivity index (χ3v) is 5.67. The van der Waals surface area contributed by atoms with Gasteiger partial charge in [0.25, 0.3) is 0 Å². The second kappa shape index (κ2) is 6.81.